The van der Waals surface area contributed by atoms with Gasteiger partial charge in [0, 0.05) is 54.1 Å². The van der Waals surface area contributed by atoms with Gasteiger partial charge in [0.15, 0.2) is 0 Å². The third kappa shape index (κ3) is 3.84. The van der Waals surface area contributed by atoms with Crippen molar-refractivity contribution in [2.24, 2.45) is 5.92 Å². The Kier molecular flexibility index (Phi) is 4.76. The van der Waals surface area contributed by atoms with Crippen LogP contribution in [0.1, 0.15) is 0 Å². The van der Waals surface area contributed by atoms with Gasteiger partial charge in [0.2, 0.25) is 0 Å². The van der Waals surface area contributed by atoms with Gasteiger partial charge in [-0.25, -0.2) is 23.4 Å². The zero-order chi connectivity index (χ0) is 19.7. The number of sulfone groups is 1. The predicted octanol–water partition coefficient (Wildman–Crippen LogP) is 2.26. The van der Waals surface area contributed by atoms with Gasteiger partial charge >= 0.3 is 0 Å². The molecule has 0 aliphatic carbocycles. The van der Waals surface area contributed by atoms with E-state index >= 15 is 0 Å². The van der Waals surface area contributed by atoms with Gasteiger partial charge < -0.3 is 15.0 Å². The van der Waals surface area contributed by atoms with E-state index in [-0.39, 0.29) is 11.7 Å². The normalized spacial score (nSPS) is 14.7. The molecule has 0 bridgehead atoms. The molecule has 0 radical (unpaired) electrons. The molecule has 1 aliphatic heterocycles. The molecular weight excluding hydrogens is 378 g/mol. The van der Waals surface area contributed by atoms with Crippen LogP contribution in [-0.4, -0.2) is 55.6 Å². The van der Waals surface area contributed by atoms with Gasteiger partial charge in [0.1, 0.15) is 33.5 Å². The summed E-state index contributed by atoms with van der Waals surface area (Å²) in [7, 11) is -1.32. The van der Waals surface area contributed by atoms with Gasteiger partial charge in [-0.05, 0) is 24.3 Å². The SMILES string of the molecule is COc1ccc(N2CC(CS(C)(=O)=O)C2)c2cnc(Nc3ccncn3)cc12. The highest BCUT2D eigenvalue weighted by molar-refractivity contribution is 7.90. The Morgan fingerprint density at radius 2 is 2.00 bits per heavy atom. The molecule has 9 heteroatoms. The molecular formula is C19H21N5O3S. The van der Waals surface area contributed by atoms with E-state index in [9.17, 15) is 8.42 Å². The zero-order valence-electron chi connectivity index (χ0n) is 15.7. The van der Waals surface area contributed by atoms with Crippen molar-refractivity contribution in [1.29, 1.82) is 0 Å². The molecule has 0 unspecified atom stereocenters. The fourth-order valence-electron chi connectivity index (χ4n) is 3.52. The van der Waals surface area contributed by atoms with Crippen LogP contribution >= 0.6 is 0 Å². The Morgan fingerprint density at radius 3 is 2.68 bits per heavy atom. The summed E-state index contributed by atoms with van der Waals surface area (Å²) in [6.45, 7) is 1.44. The van der Waals surface area contributed by atoms with E-state index in [4.69, 9.17) is 4.74 Å². The first-order valence-electron chi connectivity index (χ1n) is 8.85. The molecule has 3 heterocycles. The predicted molar refractivity (Wildman–Crippen MR) is 109 cm³/mol. The lowest BCUT2D eigenvalue weighted by molar-refractivity contribution is 0.419. The Balaban J connectivity index is 1.63. The fourth-order valence-corrected chi connectivity index (χ4v) is 4.58. The number of pyridine rings is 1. The number of ether oxygens (including phenoxy) is 1. The second-order valence-corrected chi connectivity index (χ2v) is 9.17. The molecule has 146 valence electrons. The summed E-state index contributed by atoms with van der Waals surface area (Å²) in [4.78, 5) is 14.7. The summed E-state index contributed by atoms with van der Waals surface area (Å²) < 4.78 is 28.5. The fraction of sp³-hybridized carbons (Fsp3) is 0.316. The lowest BCUT2D eigenvalue weighted by Gasteiger charge is -2.41. The molecule has 2 aromatic heterocycles. The van der Waals surface area contributed by atoms with Gasteiger partial charge in [-0.1, -0.05) is 0 Å². The van der Waals surface area contributed by atoms with Crippen LogP contribution in [0.4, 0.5) is 17.3 Å². The maximum absolute atomic E-state index is 11.5. The molecule has 28 heavy (non-hydrogen) atoms. The molecule has 0 atom stereocenters. The quantitative estimate of drug-likeness (QED) is 0.674. The maximum Gasteiger partial charge on any atom is 0.147 e. The first kappa shape index (κ1) is 18.4. The van der Waals surface area contributed by atoms with E-state index in [1.807, 2.05) is 18.2 Å². The molecule has 1 aliphatic rings. The second kappa shape index (κ2) is 7.23. The largest absolute Gasteiger partial charge is 0.496 e. The van der Waals surface area contributed by atoms with Crippen LogP contribution in [0.25, 0.3) is 10.8 Å². The van der Waals surface area contributed by atoms with Crippen molar-refractivity contribution >= 4 is 37.9 Å². The van der Waals surface area contributed by atoms with Gasteiger partial charge in [0.25, 0.3) is 0 Å². The molecule has 1 N–H and O–H groups in total. The second-order valence-electron chi connectivity index (χ2n) is 6.99. The summed E-state index contributed by atoms with van der Waals surface area (Å²) in [6.07, 6.45) is 6.22. The molecule has 3 aromatic rings. The first-order chi connectivity index (χ1) is 13.4. The molecule has 0 spiro atoms. The number of nitrogens with zero attached hydrogens (tertiary/aromatic N) is 4. The van der Waals surface area contributed by atoms with E-state index in [1.54, 1.807) is 25.6 Å². The summed E-state index contributed by atoms with van der Waals surface area (Å²) in [5.41, 5.74) is 1.03. The van der Waals surface area contributed by atoms with Gasteiger partial charge in [-0.3, -0.25) is 0 Å². The average Bonchev–Trinajstić information content (AvgIpc) is 2.64. The van der Waals surface area contributed by atoms with Gasteiger partial charge in [-0.15, -0.1) is 0 Å². The highest BCUT2D eigenvalue weighted by Gasteiger charge is 2.30. The van der Waals surface area contributed by atoms with Crippen molar-refractivity contribution < 1.29 is 13.2 Å². The first-order valence-corrected chi connectivity index (χ1v) is 10.9. The van der Waals surface area contributed by atoms with Crippen molar-refractivity contribution in [3.05, 3.63) is 43.0 Å². The van der Waals surface area contributed by atoms with E-state index in [0.29, 0.717) is 11.6 Å². The minimum atomic E-state index is -2.96. The molecule has 1 saturated heterocycles. The minimum Gasteiger partial charge on any atom is -0.496 e. The van der Waals surface area contributed by atoms with Crippen LogP contribution in [0.15, 0.2) is 43.0 Å². The number of hydrogen-bond acceptors (Lipinski definition) is 8. The van der Waals surface area contributed by atoms with Crippen molar-refractivity contribution in [3.63, 3.8) is 0 Å². The molecule has 4 rings (SSSR count). The summed E-state index contributed by atoms with van der Waals surface area (Å²) in [5, 5.41) is 5.05. The number of methoxy groups -OCH3 is 1. The number of nitrogens with one attached hydrogen (secondary N) is 1. The van der Waals surface area contributed by atoms with Gasteiger partial charge in [0.05, 0.1) is 12.9 Å². The van der Waals surface area contributed by atoms with Crippen LogP contribution in [0, 0.1) is 5.92 Å². The Bertz CT molecular complexity index is 1100. The third-order valence-corrected chi connectivity index (χ3v) is 5.81. The Morgan fingerprint density at radius 1 is 1.18 bits per heavy atom. The molecule has 0 amide bonds. The minimum absolute atomic E-state index is 0.166. The van der Waals surface area contributed by atoms with Crippen LogP contribution in [-0.2, 0) is 9.84 Å². The number of aromatic nitrogens is 3. The summed E-state index contributed by atoms with van der Waals surface area (Å²) in [5.74, 6) is 2.45. The lowest BCUT2D eigenvalue weighted by atomic mass is 9.99. The number of anilines is 3. The Hall–Kier alpha value is -2.94. The third-order valence-electron chi connectivity index (χ3n) is 4.73. The molecule has 8 nitrogen and oxygen atoms in total. The summed E-state index contributed by atoms with van der Waals surface area (Å²) in [6, 6.07) is 7.61. The van der Waals surface area contributed by atoms with Crippen molar-refractivity contribution in [3.8, 4) is 5.75 Å². The van der Waals surface area contributed by atoms with Crippen LogP contribution in [0.2, 0.25) is 0 Å². The maximum atomic E-state index is 11.5. The van der Waals surface area contributed by atoms with E-state index in [2.05, 4.69) is 25.2 Å². The number of rotatable bonds is 6. The smallest absolute Gasteiger partial charge is 0.147 e. The highest BCUT2D eigenvalue weighted by atomic mass is 32.2. The van der Waals surface area contributed by atoms with Crippen molar-refractivity contribution in [2.75, 3.05) is 42.4 Å². The van der Waals surface area contributed by atoms with Crippen molar-refractivity contribution in [2.45, 2.75) is 0 Å². The highest BCUT2D eigenvalue weighted by Crippen LogP contribution is 2.37. The van der Waals surface area contributed by atoms with Crippen LogP contribution < -0.4 is 15.0 Å². The average molecular weight is 399 g/mol. The topological polar surface area (TPSA) is 97.3 Å². The monoisotopic (exact) mass is 399 g/mol. The lowest BCUT2D eigenvalue weighted by Crippen LogP contribution is -2.49. The molecule has 1 aromatic carbocycles. The summed E-state index contributed by atoms with van der Waals surface area (Å²) >= 11 is 0. The number of hydrogen-bond donors (Lipinski definition) is 1. The Labute approximate surface area is 163 Å². The van der Waals surface area contributed by atoms with E-state index in [0.717, 1.165) is 35.3 Å². The van der Waals surface area contributed by atoms with E-state index < -0.39 is 9.84 Å². The van der Waals surface area contributed by atoms with Crippen molar-refractivity contribution in [1.82, 2.24) is 15.0 Å². The standard InChI is InChI=1S/C19H21N5O3S/c1-27-17-4-3-16(24-9-13(10-24)11-28(2,25)26)15-8-21-19(7-14(15)17)23-18-5-6-20-12-22-18/h3-8,12-13H,9-11H2,1-2H3,(H,20,21,22,23). The molecule has 1 fully saturated rings. The van der Waals surface area contributed by atoms with E-state index in [1.165, 1.54) is 12.6 Å². The number of benzene rings is 1. The van der Waals surface area contributed by atoms with Crippen LogP contribution in [0.3, 0.4) is 0 Å². The zero-order valence-corrected chi connectivity index (χ0v) is 16.5. The molecule has 0 saturated carbocycles. The van der Waals surface area contributed by atoms with Gasteiger partial charge in [-0.2, -0.15) is 0 Å². The van der Waals surface area contributed by atoms with Crippen LogP contribution in [0.5, 0.6) is 5.75 Å². The number of fused-ring (bicyclic) bond motifs is 1.